The lowest BCUT2D eigenvalue weighted by molar-refractivity contribution is -0.139. The molecule has 2 heterocycles. The molecule has 7 rings (SSSR count). The summed E-state index contributed by atoms with van der Waals surface area (Å²) in [6, 6.07) is 7.13. The Morgan fingerprint density at radius 1 is 1.04 bits per heavy atom. The fraction of sp³-hybridized carbons (Fsp3) is 0.421. The van der Waals surface area contributed by atoms with Crippen molar-refractivity contribution in [1.29, 1.82) is 0 Å². The molecule has 0 N–H and O–H groups in total. The number of rotatable bonds is 2. The number of allylic oxidation sites excluding steroid dienone is 2. The molecule has 5 aliphatic rings. The number of hydrogen-bond donors (Lipinski definition) is 0. The maximum atomic E-state index is 12.9. The third-order valence-electron chi connectivity index (χ3n) is 6.64. The van der Waals surface area contributed by atoms with Crippen molar-refractivity contribution < 1.29 is 14.4 Å². The highest BCUT2D eigenvalue weighted by Gasteiger charge is 2.67. The van der Waals surface area contributed by atoms with E-state index in [1.54, 1.807) is 18.2 Å². The summed E-state index contributed by atoms with van der Waals surface area (Å²) in [6.45, 7) is -0.271. The highest BCUT2D eigenvalue weighted by molar-refractivity contribution is 6.08. The minimum absolute atomic E-state index is 0.166. The quantitative estimate of drug-likeness (QED) is 0.600. The van der Waals surface area contributed by atoms with Gasteiger partial charge in [0.1, 0.15) is 12.1 Å². The fourth-order valence-electron chi connectivity index (χ4n) is 5.43. The molecule has 130 valence electrons. The van der Waals surface area contributed by atoms with Crippen molar-refractivity contribution in [3.8, 4) is 0 Å². The second kappa shape index (κ2) is 4.66. The summed E-state index contributed by atoms with van der Waals surface area (Å²) in [5.41, 5.74) is 1.19. The van der Waals surface area contributed by atoms with Crippen LogP contribution < -0.4 is 0 Å². The number of fused-ring (bicyclic) bond motifs is 1. The zero-order valence-electron chi connectivity index (χ0n) is 13.9. The van der Waals surface area contributed by atoms with Crippen LogP contribution in [0.4, 0.5) is 0 Å². The van der Waals surface area contributed by atoms with Gasteiger partial charge in [0.15, 0.2) is 0 Å². The monoisotopic (exact) mass is 348 g/mol. The first-order valence-electron chi connectivity index (χ1n) is 9.02. The lowest BCUT2D eigenvalue weighted by Gasteiger charge is -2.37. The number of carbonyl (C=O) groups is 3. The minimum Gasteiger partial charge on any atom is -0.274 e. The van der Waals surface area contributed by atoms with Gasteiger partial charge in [-0.25, -0.2) is 0 Å². The number of aromatic nitrogens is 3. The average molecular weight is 348 g/mol. The minimum atomic E-state index is -0.412. The number of para-hydroxylation sites is 1. The molecule has 1 aliphatic heterocycles. The van der Waals surface area contributed by atoms with E-state index in [1.807, 2.05) is 6.07 Å². The predicted molar refractivity (Wildman–Crippen MR) is 89.6 cm³/mol. The first kappa shape index (κ1) is 14.4. The van der Waals surface area contributed by atoms with Crippen molar-refractivity contribution in [1.82, 2.24) is 19.9 Å². The van der Waals surface area contributed by atoms with Crippen molar-refractivity contribution in [3.63, 3.8) is 0 Å². The van der Waals surface area contributed by atoms with Gasteiger partial charge in [-0.2, -0.15) is 4.68 Å². The zero-order valence-corrected chi connectivity index (χ0v) is 13.9. The van der Waals surface area contributed by atoms with E-state index < -0.39 is 5.91 Å². The van der Waals surface area contributed by atoms with E-state index >= 15 is 0 Å². The molecule has 1 aromatic carbocycles. The number of likely N-dealkylation sites (tertiary alicyclic amines) is 1. The van der Waals surface area contributed by atoms with Gasteiger partial charge in [0.25, 0.3) is 5.91 Å². The number of imide groups is 1. The van der Waals surface area contributed by atoms with Crippen LogP contribution >= 0.6 is 0 Å². The molecule has 2 amide bonds. The molecular weight excluding hydrogens is 332 g/mol. The Bertz CT molecular complexity index is 989. The highest BCUT2D eigenvalue weighted by Crippen LogP contribution is 2.65. The van der Waals surface area contributed by atoms with Crippen LogP contribution in [0.1, 0.15) is 11.2 Å². The molecule has 2 saturated carbocycles. The summed E-state index contributed by atoms with van der Waals surface area (Å²) < 4.78 is 1.18. The van der Waals surface area contributed by atoms with Crippen molar-refractivity contribution in [2.45, 2.75) is 6.42 Å². The molecular formula is C19H16N4O3. The Balaban J connectivity index is 1.31. The normalized spacial score (nSPS) is 36.5. The van der Waals surface area contributed by atoms with Gasteiger partial charge in [-0.1, -0.05) is 29.5 Å². The number of carbonyl (C=O) groups excluding carboxylic acids is 3. The number of benzene rings is 1. The molecule has 1 saturated heterocycles. The van der Waals surface area contributed by atoms with Crippen molar-refractivity contribution in [2.24, 2.45) is 35.5 Å². The third-order valence-corrected chi connectivity index (χ3v) is 6.64. The van der Waals surface area contributed by atoms with Crippen LogP contribution in [-0.2, 0) is 9.59 Å². The molecule has 2 aromatic rings. The van der Waals surface area contributed by atoms with Gasteiger partial charge in [-0.05, 0) is 42.2 Å². The van der Waals surface area contributed by atoms with E-state index in [0.717, 1.165) is 11.3 Å². The Morgan fingerprint density at radius 2 is 1.69 bits per heavy atom. The molecule has 7 heteroatoms. The molecule has 1 aromatic heterocycles. The molecule has 4 aliphatic carbocycles. The zero-order chi connectivity index (χ0) is 17.6. The van der Waals surface area contributed by atoms with E-state index in [4.69, 9.17) is 0 Å². The maximum absolute atomic E-state index is 12.9. The first-order chi connectivity index (χ1) is 12.6. The smallest absolute Gasteiger partial charge is 0.268 e. The van der Waals surface area contributed by atoms with Crippen LogP contribution in [0, 0.1) is 35.5 Å². The number of nitrogens with zero attached hydrogens (tertiary/aromatic N) is 4. The van der Waals surface area contributed by atoms with Crippen LogP contribution in [0.25, 0.3) is 11.0 Å². The summed E-state index contributed by atoms with van der Waals surface area (Å²) in [5, 5.41) is 7.86. The van der Waals surface area contributed by atoms with Gasteiger partial charge >= 0.3 is 0 Å². The van der Waals surface area contributed by atoms with Crippen LogP contribution in [0.2, 0.25) is 0 Å². The molecule has 26 heavy (non-hydrogen) atoms. The highest BCUT2D eigenvalue weighted by atomic mass is 16.2. The fourth-order valence-corrected chi connectivity index (χ4v) is 5.43. The van der Waals surface area contributed by atoms with Gasteiger partial charge in [-0.3, -0.25) is 19.3 Å². The molecule has 0 radical (unpaired) electrons. The van der Waals surface area contributed by atoms with Gasteiger partial charge in [0.05, 0.1) is 17.4 Å². The Hall–Kier alpha value is -2.83. The molecule has 2 bridgehead atoms. The van der Waals surface area contributed by atoms with E-state index in [1.165, 1.54) is 4.68 Å². The third kappa shape index (κ3) is 1.65. The summed E-state index contributed by atoms with van der Waals surface area (Å²) in [4.78, 5) is 39.8. The predicted octanol–water partition coefficient (Wildman–Crippen LogP) is 1.12. The summed E-state index contributed by atoms with van der Waals surface area (Å²) in [7, 11) is 0. The van der Waals surface area contributed by atoms with Gasteiger partial charge in [-0.15, -0.1) is 5.10 Å². The molecule has 6 atom stereocenters. The Morgan fingerprint density at radius 3 is 2.38 bits per heavy atom. The second-order valence-corrected chi connectivity index (χ2v) is 7.80. The lowest BCUT2D eigenvalue weighted by atomic mass is 9.63. The molecule has 0 spiro atoms. The van der Waals surface area contributed by atoms with Crippen LogP contribution in [0.3, 0.4) is 0 Å². The molecule has 3 fully saturated rings. The molecule has 7 nitrogen and oxygen atoms in total. The van der Waals surface area contributed by atoms with E-state index in [9.17, 15) is 14.4 Å². The number of hydrogen-bond acceptors (Lipinski definition) is 5. The van der Waals surface area contributed by atoms with Crippen molar-refractivity contribution >= 4 is 28.8 Å². The van der Waals surface area contributed by atoms with E-state index in [2.05, 4.69) is 22.5 Å². The second-order valence-electron chi connectivity index (χ2n) is 7.80. The van der Waals surface area contributed by atoms with E-state index in [-0.39, 0.29) is 42.0 Å². The largest absolute Gasteiger partial charge is 0.274 e. The topological polar surface area (TPSA) is 85.2 Å². The Kier molecular flexibility index (Phi) is 2.57. The summed E-state index contributed by atoms with van der Waals surface area (Å²) >= 11 is 0. The van der Waals surface area contributed by atoms with Gasteiger partial charge in [0.2, 0.25) is 11.8 Å². The lowest BCUT2D eigenvalue weighted by Crippen LogP contribution is -2.40. The van der Waals surface area contributed by atoms with Crippen LogP contribution in [0.5, 0.6) is 0 Å². The van der Waals surface area contributed by atoms with E-state index in [0.29, 0.717) is 22.9 Å². The molecule has 0 unspecified atom stereocenters. The number of amides is 2. The first-order valence-corrected chi connectivity index (χ1v) is 9.02. The average Bonchev–Trinajstić information content (AvgIpc) is 3.32. The van der Waals surface area contributed by atoms with Gasteiger partial charge in [0, 0.05) is 0 Å². The van der Waals surface area contributed by atoms with Gasteiger partial charge < -0.3 is 0 Å². The van der Waals surface area contributed by atoms with Crippen molar-refractivity contribution in [2.75, 3.05) is 6.54 Å². The van der Waals surface area contributed by atoms with Crippen molar-refractivity contribution in [3.05, 3.63) is 36.4 Å². The maximum Gasteiger partial charge on any atom is 0.268 e. The van der Waals surface area contributed by atoms with Crippen LogP contribution in [-0.4, -0.2) is 44.2 Å². The Labute approximate surface area is 148 Å². The SMILES string of the molecule is O=C1[C@@H]2[C@H]3C=C[C@H]([C@H]4C[C@H]34)[C@@H]2C(=O)N1CC(=O)n1nnc2ccccc21. The summed E-state index contributed by atoms with van der Waals surface area (Å²) in [5.74, 6) is 0.0888. The van der Waals surface area contributed by atoms with Crippen LogP contribution in [0.15, 0.2) is 36.4 Å². The standard InChI is InChI=1S/C19H16N4O3/c24-15(23-14-4-2-1-3-13(14)20-21-23)8-22-18(25)16-9-5-6-10(12-7-11(9)12)17(16)19(22)26/h1-6,9-12,16-17H,7-8H2/t9-,10+,11-,12-,16+,17-/m1/s1. The summed E-state index contributed by atoms with van der Waals surface area (Å²) in [6.07, 6.45) is 5.38.